The molecule has 2 rings (SSSR count). The summed E-state index contributed by atoms with van der Waals surface area (Å²) in [5.74, 6) is -0.225. The summed E-state index contributed by atoms with van der Waals surface area (Å²) >= 11 is 0. The van der Waals surface area contributed by atoms with E-state index in [9.17, 15) is 9.59 Å². The summed E-state index contributed by atoms with van der Waals surface area (Å²) in [6.45, 7) is 12.9. The van der Waals surface area contributed by atoms with E-state index in [0.717, 1.165) is 0 Å². The fourth-order valence-electron chi connectivity index (χ4n) is 3.44. The first kappa shape index (κ1) is 22.6. The van der Waals surface area contributed by atoms with Crippen LogP contribution in [0.1, 0.15) is 53.6 Å². The molecule has 0 aliphatic heterocycles. The molecule has 0 aliphatic rings. The Bertz CT molecular complexity index is 743. The first-order valence-corrected chi connectivity index (χ1v) is 10.2. The Labute approximate surface area is 172 Å². The second kappa shape index (κ2) is 10.2. The molecule has 8 heteroatoms. The number of carbonyl (C=O) groups is 2. The molecule has 2 aromatic heterocycles. The van der Waals surface area contributed by atoms with Crippen molar-refractivity contribution in [3.63, 3.8) is 0 Å². The normalized spacial score (nSPS) is 13.5. The fraction of sp³-hybridized carbons (Fsp3) is 0.619. The van der Waals surface area contributed by atoms with Gasteiger partial charge in [0.15, 0.2) is 12.1 Å². The van der Waals surface area contributed by atoms with Crippen LogP contribution in [0, 0.1) is 11.8 Å². The molecule has 0 radical (unpaired) electrons. The minimum absolute atomic E-state index is 0.111. The molecule has 0 saturated heterocycles. The number of hydrogen-bond acceptors (Lipinski definition) is 4. The predicted molar refractivity (Wildman–Crippen MR) is 106 cm³/mol. The number of esters is 2. The van der Waals surface area contributed by atoms with E-state index in [4.69, 9.17) is 9.47 Å². The summed E-state index contributed by atoms with van der Waals surface area (Å²) in [4.78, 5) is 24.6. The minimum Gasteiger partial charge on any atom is -0.463 e. The van der Waals surface area contributed by atoms with Crippen LogP contribution in [-0.4, -0.2) is 34.3 Å². The van der Waals surface area contributed by atoms with E-state index in [1.54, 1.807) is 0 Å². The second-order valence-electron chi connectivity index (χ2n) is 7.77. The van der Waals surface area contributed by atoms with Gasteiger partial charge in [0.05, 0.1) is 13.2 Å². The van der Waals surface area contributed by atoms with Crippen LogP contribution in [0.4, 0.5) is 0 Å². The van der Waals surface area contributed by atoms with E-state index >= 15 is 0 Å². The Kier molecular flexibility index (Phi) is 7.99. The molecule has 160 valence electrons. The van der Waals surface area contributed by atoms with Gasteiger partial charge in [-0.3, -0.25) is 0 Å². The van der Waals surface area contributed by atoms with Crippen molar-refractivity contribution in [1.29, 1.82) is 0 Å². The number of hydrogen-bond donors (Lipinski definition) is 0. The molecule has 0 fully saturated rings. The van der Waals surface area contributed by atoms with Crippen LogP contribution in [0.3, 0.4) is 0 Å². The number of rotatable bonds is 10. The first-order valence-electron chi connectivity index (χ1n) is 10.2. The molecule has 29 heavy (non-hydrogen) atoms. The molecule has 0 amide bonds. The molecule has 0 spiro atoms. The van der Waals surface area contributed by atoms with Gasteiger partial charge < -0.3 is 9.47 Å². The van der Waals surface area contributed by atoms with Crippen molar-refractivity contribution in [2.24, 2.45) is 11.8 Å². The number of ether oxygens (including phenoxy) is 2. The highest BCUT2D eigenvalue weighted by Gasteiger charge is 2.32. The van der Waals surface area contributed by atoms with E-state index in [2.05, 4.69) is 0 Å². The fourth-order valence-corrected chi connectivity index (χ4v) is 3.44. The maximum Gasteiger partial charge on any atom is 0.352 e. The van der Waals surface area contributed by atoms with Gasteiger partial charge >= 0.3 is 11.9 Å². The number of nitrogens with zero attached hydrogens (tertiary/aromatic N) is 4. The minimum atomic E-state index is -0.361. The van der Waals surface area contributed by atoms with Gasteiger partial charge in [-0.05, 0) is 13.8 Å². The van der Waals surface area contributed by atoms with E-state index in [1.165, 1.54) is 0 Å². The molecule has 0 aromatic carbocycles. The lowest BCUT2D eigenvalue weighted by Gasteiger charge is -2.15. The first-order chi connectivity index (χ1) is 13.8. The highest BCUT2D eigenvalue weighted by atomic mass is 16.5. The zero-order valence-corrected chi connectivity index (χ0v) is 18.3. The summed E-state index contributed by atoms with van der Waals surface area (Å²) in [6, 6.07) is -0.722. The van der Waals surface area contributed by atoms with E-state index in [-0.39, 0.29) is 35.9 Å². The SMILES string of the molecule is CCOC(=O)[C@H](C(C)C)n1cc[n+](C[n+]2ccn([C@H](C(=O)OCC)C(C)C)c2)c1. The third-order valence-corrected chi connectivity index (χ3v) is 4.71. The number of aromatic nitrogens is 4. The monoisotopic (exact) mass is 406 g/mol. The second-order valence-corrected chi connectivity index (χ2v) is 7.77. The molecule has 2 aromatic rings. The Morgan fingerprint density at radius 2 is 1.17 bits per heavy atom. The van der Waals surface area contributed by atoms with Gasteiger partial charge in [0.1, 0.15) is 24.8 Å². The van der Waals surface area contributed by atoms with Gasteiger partial charge in [-0.15, -0.1) is 0 Å². The Hall–Kier alpha value is -2.64. The lowest BCUT2D eigenvalue weighted by atomic mass is 10.0. The zero-order chi connectivity index (χ0) is 21.6. The maximum atomic E-state index is 12.3. The predicted octanol–water partition coefficient (Wildman–Crippen LogP) is 1.89. The third-order valence-electron chi connectivity index (χ3n) is 4.71. The van der Waals surface area contributed by atoms with Crippen molar-refractivity contribution in [2.75, 3.05) is 13.2 Å². The van der Waals surface area contributed by atoms with Gasteiger partial charge in [-0.25, -0.2) is 18.7 Å². The summed E-state index contributed by atoms with van der Waals surface area (Å²) in [7, 11) is 0. The Balaban J connectivity index is 2.16. The van der Waals surface area contributed by atoms with Gasteiger partial charge in [0.25, 0.3) is 0 Å². The zero-order valence-electron chi connectivity index (χ0n) is 18.3. The van der Waals surface area contributed by atoms with Crippen LogP contribution in [0.2, 0.25) is 0 Å². The number of imidazole rings is 2. The van der Waals surface area contributed by atoms with Crippen LogP contribution < -0.4 is 9.13 Å². The topological polar surface area (TPSA) is 70.2 Å². The van der Waals surface area contributed by atoms with Gasteiger partial charge in [0.2, 0.25) is 19.3 Å². The van der Waals surface area contributed by atoms with Crippen molar-refractivity contribution in [3.05, 3.63) is 37.4 Å². The standard InChI is InChI=1S/C21H34N4O4/c1-7-28-20(26)18(16(3)4)24-11-9-22(14-24)13-23-10-12-25(15-23)19(17(5)6)21(27)29-8-2/h9-12,14-19H,7-8,13H2,1-6H3/q+2/t18-,19-/m0/s1. The highest BCUT2D eigenvalue weighted by molar-refractivity contribution is 5.74. The van der Waals surface area contributed by atoms with E-state index < -0.39 is 0 Å². The lowest BCUT2D eigenvalue weighted by molar-refractivity contribution is -0.912. The Morgan fingerprint density at radius 1 is 0.793 bits per heavy atom. The van der Waals surface area contributed by atoms with Crippen LogP contribution in [0.5, 0.6) is 0 Å². The van der Waals surface area contributed by atoms with E-state index in [0.29, 0.717) is 19.9 Å². The molecule has 0 aliphatic carbocycles. The Morgan fingerprint density at radius 3 is 1.48 bits per heavy atom. The molecule has 0 unspecified atom stereocenters. The number of carbonyl (C=O) groups excluding carboxylic acids is 2. The summed E-state index contributed by atoms with van der Waals surface area (Å²) in [5.41, 5.74) is 0. The molecular weight excluding hydrogens is 372 g/mol. The van der Waals surface area contributed by atoms with Crippen LogP contribution in [0.15, 0.2) is 37.4 Å². The molecule has 0 N–H and O–H groups in total. The maximum absolute atomic E-state index is 12.3. The van der Waals surface area contributed by atoms with Crippen molar-refractivity contribution < 1.29 is 28.2 Å². The molecule has 0 bridgehead atoms. The summed E-state index contributed by atoms with van der Waals surface area (Å²) in [6.07, 6.45) is 11.4. The molecule has 2 heterocycles. The average molecular weight is 407 g/mol. The smallest absolute Gasteiger partial charge is 0.352 e. The van der Waals surface area contributed by atoms with Crippen molar-refractivity contribution in [2.45, 2.75) is 60.3 Å². The largest absolute Gasteiger partial charge is 0.463 e. The molecular formula is C21H34N4O4+2. The van der Waals surface area contributed by atoms with Crippen molar-refractivity contribution in [3.8, 4) is 0 Å². The van der Waals surface area contributed by atoms with Crippen LogP contribution >= 0.6 is 0 Å². The van der Waals surface area contributed by atoms with Gasteiger partial charge in [0, 0.05) is 11.8 Å². The highest BCUT2D eigenvalue weighted by Crippen LogP contribution is 2.19. The van der Waals surface area contributed by atoms with E-state index in [1.807, 2.05) is 97.3 Å². The summed E-state index contributed by atoms with van der Waals surface area (Å²) < 4.78 is 18.2. The third kappa shape index (κ3) is 5.68. The quantitative estimate of drug-likeness (QED) is 0.446. The van der Waals surface area contributed by atoms with Gasteiger partial charge in [-0.1, -0.05) is 27.7 Å². The molecule has 8 nitrogen and oxygen atoms in total. The van der Waals surface area contributed by atoms with Crippen molar-refractivity contribution >= 4 is 11.9 Å². The summed E-state index contributed by atoms with van der Waals surface area (Å²) in [5, 5.41) is 0. The van der Waals surface area contributed by atoms with Gasteiger partial charge in [-0.2, -0.15) is 9.13 Å². The van der Waals surface area contributed by atoms with Crippen LogP contribution in [0.25, 0.3) is 0 Å². The van der Waals surface area contributed by atoms with Crippen molar-refractivity contribution in [1.82, 2.24) is 9.13 Å². The average Bonchev–Trinajstić information content (AvgIpc) is 3.25. The molecule has 0 saturated carbocycles. The molecule has 2 atom stereocenters. The van der Waals surface area contributed by atoms with Crippen LogP contribution in [-0.2, 0) is 25.7 Å². The lowest BCUT2D eigenvalue weighted by Crippen LogP contribution is -2.50.